The first kappa shape index (κ1) is 18.7. The minimum atomic E-state index is -0.152. The van der Waals surface area contributed by atoms with Crippen molar-refractivity contribution in [1.29, 1.82) is 0 Å². The molecule has 0 bridgehead atoms. The Morgan fingerprint density at radius 2 is 2.04 bits per heavy atom. The summed E-state index contributed by atoms with van der Waals surface area (Å²) in [5, 5.41) is 3.51. The zero-order chi connectivity index (χ0) is 18.7. The number of nitrogens with one attached hydrogen (secondary N) is 1. The quantitative estimate of drug-likeness (QED) is 0.786. The van der Waals surface area contributed by atoms with E-state index >= 15 is 0 Å². The molecule has 138 valence electrons. The van der Waals surface area contributed by atoms with E-state index in [1.54, 1.807) is 11.3 Å². The van der Waals surface area contributed by atoms with Gasteiger partial charge in [-0.15, -0.1) is 11.3 Å². The van der Waals surface area contributed by atoms with E-state index in [1.165, 1.54) is 4.88 Å². The Hall–Kier alpha value is -2.05. The number of likely N-dealkylation sites (N-methyl/N-ethyl adjacent to an activating group) is 1. The average Bonchev–Trinajstić information content (AvgIpc) is 3.03. The Balaban J connectivity index is 1.54. The van der Waals surface area contributed by atoms with Gasteiger partial charge in [-0.3, -0.25) is 14.5 Å². The molecular weight excluding hydrogens is 346 g/mol. The molecule has 0 radical (unpaired) electrons. The van der Waals surface area contributed by atoms with Crippen molar-refractivity contribution in [3.8, 4) is 0 Å². The lowest BCUT2D eigenvalue weighted by molar-refractivity contribution is -0.116. The van der Waals surface area contributed by atoms with E-state index in [2.05, 4.69) is 22.1 Å². The summed E-state index contributed by atoms with van der Waals surface area (Å²) in [4.78, 5) is 32.6. The Kier molecular flexibility index (Phi) is 5.84. The van der Waals surface area contributed by atoms with Crippen molar-refractivity contribution in [2.24, 2.45) is 0 Å². The fourth-order valence-corrected chi connectivity index (χ4v) is 4.11. The SMILES string of the molecule is CCN1CCc2nc(NC(=O)CCC(=O)c3ccc(C)c(C)c3)sc2C1. The second kappa shape index (κ2) is 8.10. The second-order valence-electron chi connectivity index (χ2n) is 6.78. The van der Waals surface area contributed by atoms with Gasteiger partial charge in [-0.05, 0) is 37.6 Å². The predicted molar refractivity (Wildman–Crippen MR) is 105 cm³/mol. The zero-order valence-electron chi connectivity index (χ0n) is 15.6. The van der Waals surface area contributed by atoms with Gasteiger partial charge in [0.05, 0.1) is 5.69 Å². The van der Waals surface area contributed by atoms with Gasteiger partial charge in [-0.2, -0.15) is 0 Å². The monoisotopic (exact) mass is 371 g/mol. The van der Waals surface area contributed by atoms with Crippen molar-refractivity contribution >= 4 is 28.2 Å². The third-order valence-electron chi connectivity index (χ3n) is 4.91. The van der Waals surface area contributed by atoms with Gasteiger partial charge in [0.1, 0.15) is 0 Å². The standard InChI is InChI=1S/C20H25N3O2S/c1-4-23-10-9-16-18(12-23)26-20(21-16)22-19(25)8-7-17(24)15-6-5-13(2)14(3)11-15/h5-6,11H,4,7-10,12H2,1-3H3,(H,21,22,25). The van der Waals surface area contributed by atoms with Gasteiger partial charge in [-0.25, -0.2) is 4.98 Å². The summed E-state index contributed by atoms with van der Waals surface area (Å²) in [6, 6.07) is 5.67. The summed E-state index contributed by atoms with van der Waals surface area (Å²) in [6.07, 6.45) is 1.32. The summed E-state index contributed by atoms with van der Waals surface area (Å²) in [6.45, 7) is 9.11. The largest absolute Gasteiger partial charge is 0.302 e. The molecule has 0 atom stereocenters. The van der Waals surface area contributed by atoms with Gasteiger partial charge in [-0.1, -0.05) is 19.1 Å². The third-order valence-corrected chi connectivity index (χ3v) is 5.91. The van der Waals surface area contributed by atoms with Crippen LogP contribution in [0.15, 0.2) is 18.2 Å². The number of benzene rings is 1. The number of thiazole rings is 1. The number of ketones is 1. The van der Waals surface area contributed by atoms with Gasteiger partial charge < -0.3 is 5.32 Å². The van der Waals surface area contributed by atoms with Crippen molar-refractivity contribution in [1.82, 2.24) is 9.88 Å². The number of carbonyl (C=O) groups excluding carboxylic acids is 2. The second-order valence-corrected chi connectivity index (χ2v) is 7.86. The van der Waals surface area contributed by atoms with Crippen LogP contribution in [0.1, 0.15) is 51.8 Å². The molecular formula is C20H25N3O2S. The summed E-state index contributed by atoms with van der Waals surface area (Å²) in [5.41, 5.74) is 4.02. The van der Waals surface area contributed by atoms with Gasteiger partial charge >= 0.3 is 0 Å². The lowest BCUT2D eigenvalue weighted by Gasteiger charge is -2.23. The van der Waals surface area contributed by atoms with E-state index in [4.69, 9.17) is 0 Å². The molecule has 1 amide bonds. The van der Waals surface area contributed by atoms with Crippen molar-refractivity contribution in [2.75, 3.05) is 18.4 Å². The van der Waals surface area contributed by atoms with Crippen LogP contribution in [-0.2, 0) is 17.8 Å². The zero-order valence-corrected chi connectivity index (χ0v) is 16.4. The van der Waals surface area contributed by atoms with Crippen LogP contribution in [0.5, 0.6) is 0 Å². The number of Topliss-reactive ketones (excluding diaryl/α,β-unsaturated/α-hetero) is 1. The molecule has 0 fully saturated rings. The molecule has 0 saturated carbocycles. The van der Waals surface area contributed by atoms with Gasteiger partial charge in [0.25, 0.3) is 0 Å². The summed E-state index contributed by atoms with van der Waals surface area (Å²) in [5.74, 6) is -0.152. The first-order chi connectivity index (χ1) is 12.5. The Labute approximate surface area is 158 Å². The molecule has 3 rings (SSSR count). The maximum Gasteiger partial charge on any atom is 0.226 e. The summed E-state index contributed by atoms with van der Waals surface area (Å²) < 4.78 is 0. The Bertz CT molecular complexity index is 828. The molecule has 2 heterocycles. The Morgan fingerprint density at radius 1 is 1.23 bits per heavy atom. The normalized spacial score (nSPS) is 14.1. The minimum Gasteiger partial charge on any atom is -0.302 e. The molecule has 0 spiro atoms. The van der Waals surface area contributed by atoms with Gasteiger partial charge in [0.15, 0.2) is 10.9 Å². The summed E-state index contributed by atoms with van der Waals surface area (Å²) in [7, 11) is 0. The number of anilines is 1. The molecule has 0 unspecified atom stereocenters. The molecule has 1 aliphatic heterocycles. The van der Waals surface area contributed by atoms with E-state index in [-0.39, 0.29) is 24.5 Å². The number of rotatable bonds is 6. The molecule has 1 aromatic carbocycles. The number of aromatic nitrogens is 1. The van der Waals surface area contributed by atoms with E-state index in [1.807, 2.05) is 32.0 Å². The molecule has 0 aliphatic carbocycles. The van der Waals surface area contributed by atoms with Crippen molar-refractivity contribution < 1.29 is 9.59 Å². The highest BCUT2D eigenvalue weighted by Gasteiger charge is 2.20. The first-order valence-corrected chi connectivity index (χ1v) is 9.89. The maximum absolute atomic E-state index is 12.3. The fourth-order valence-electron chi connectivity index (χ4n) is 3.04. The molecule has 1 N–H and O–H groups in total. The van der Waals surface area contributed by atoms with Gasteiger partial charge in [0, 0.05) is 42.8 Å². The topological polar surface area (TPSA) is 62.3 Å². The fraction of sp³-hybridized carbons (Fsp3) is 0.450. The van der Waals surface area contributed by atoms with Crippen LogP contribution in [0.3, 0.4) is 0 Å². The third kappa shape index (κ3) is 4.37. The van der Waals surface area contributed by atoms with E-state index < -0.39 is 0 Å². The maximum atomic E-state index is 12.3. The molecule has 0 saturated heterocycles. The molecule has 2 aromatic rings. The number of carbonyl (C=O) groups is 2. The molecule has 1 aliphatic rings. The highest BCUT2D eigenvalue weighted by atomic mass is 32.1. The average molecular weight is 372 g/mol. The van der Waals surface area contributed by atoms with Crippen molar-refractivity contribution in [3.05, 3.63) is 45.5 Å². The number of hydrogen-bond acceptors (Lipinski definition) is 5. The molecule has 6 heteroatoms. The number of nitrogens with zero attached hydrogens (tertiary/aromatic N) is 2. The van der Waals surface area contributed by atoms with Crippen LogP contribution in [-0.4, -0.2) is 34.7 Å². The minimum absolute atomic E-state index is 0.000251. The predicted octanol–water partition coefficient (Wildman–Crippen LogP) is 3.74. The van der Waals surface area contributed by atoms with E-state index in [0.29, 0.717) is 10.7 Å². The van der Waals surface area contributed by atoms with E-state index in [9.17, 15) is 9.59 Å². The number of fused-ring (bicyclic) bond motifs is 1. The Morgan fingerprint density at radius 3 is 2.77 bits per heavy atom. The van der Waals surface area contributed by atoms with Crippen molar-refractivity contribution in [3.63, 3.8) is 0 Å². The molecule has 5 nitrogen and oxygen atoms in total. The van der Waals surface area contributed by atoms with Crippen molar-refractivity contribution in [2.45, 2.75) is 46.6 Å². The lowest BCUT2D eigenvalue weighted by atomic mass is 10.0. The number of hydrogen-bond donors (Lipinski definition) is 1. The smallest absolute Gasteiger partial charge is 0.226 e. The van der Waals surface area contributed by atoms with Crippen LogP contribution in [0.4, 0.5) is 5.13 Å². The number of aryl methyl sites for hydroxylation is 2. The first-order valence-electron chi connectivity index (χ1n) is 9.07. The highest BCUT2D eigenvalue weighted by molar-refractivity contribution is 7.15. The van der Waals surface area contributed by atoms with Crippen LogP contribution < -0.4 is 5.32 Å². The van der Waals surface area contributed by atoms with Crippen LogP contribution >= 0.6 is 11.3 Å². The highest BCUT2D eigenvalue weighted by Crippen LogP contribution is 2.28. The lowest BCUT2D eigenvalue weighted by Crippen LogP contribution is -2.29. The molecule has 26 heavy (non-hydrogen) atoms. The van der Waals surface area contributed by atoms with Gasteiger partial charge in [0.2, 0.25) is 5.91 Å². The molecule has 1 aromatic heterocycles. The van der Waals surface area contributed by atoms with Crippen LogP contribution in [0.2, 0.25) is 0 Å². The number of amides is 1. The van der Waals surface area contributed by atoms with E-state index in [0.717, 1.165) is 42.9 Å². The van der Waals surface area contributed by atoms with Crippen LogP contribution in [0, 0.1) is 13.8 Å². The summed E-state index contributed by atoms with van der Waals surface area (Å²) >= 11 is 1.55. The van der Waals surface area contributed by atoms with Crippen LogP contribution in [0.25, 0.3) is 0 Å².